The number of hydrogen-bond acceptors (Lipinski definition) is 4. The van der Waals surface area contributed by atoms with E-state index in [1.165, 1.54) is 16.7 Å². The van der Waals surface area contributed by atoms with E-state index in [-0.39, 0.29) is 59.1 Å². The fraction of sp³-hybridized carbons (Fsp3) is 0.0909. The fourth-order valence-electron chi connectivity index (χ4n) is 1.40. The minimum atomic E-state index is -5.17. The number of rotatable bonds is 0. The molecular formula is C11H10Na2O4S. The van der Waals surface area contributed by atoms with Crippen LogP contribution in [0.25, 0.3) is 11.6 Å². The average Bonchev–Trinajstić information content (AvgIpc) is 2.16. The number of allylic oxidation sites excluding steroid dienone is 2. The molecule has 0 atom stereocenters. The van der Waals surface area contributed by atoms with E-state index in [0.717, 1.165) is 6.42 Å². The molecule has 0 spiro atoms. The molecule has 0 unspecified atom stereocenters. The van der Waals surface area contributed by atoms with E-state index < -0.39 is 10.4 Å². The first-order valence-corrected chi connectivity index (χ1v) is 5.81. The molecule has 1 aromatic rings. The van der Waals surface area contributed by atoms with Crippen molar-refractivity contribution in [2.75, 3.05) is 0 Å². The van der Waals surface area contributed by atoms with Gasteiger partial charge in [0, 0.05) is 10.4 Å². The summed E-state index contributed by atoms with van der Waals surface area (Å²) < 4.78 is 34.1. The van der Waals surface area contributed by atoms with Gasteiger partial charge in [0.05, 0.1) is 0 Å². The van der Waals surface area contributed by atoms with E-state index in [2.05, 4.69) is 43.0 Å². The van der Waals surface area contributed by atoms with Gasteiger partial charge in [-0.25, -0.2) is 0 Å². The first-order valence-electron chi connectivity index (χ1n) is 4.48. The number of hydrogen-bond donors (Lipinski definition) is 0. The van der Waals surface area contributed by atoms with Crippen molar-refractivity contribution >= 4 is 22.0 Å². The maximum Gasteiger partial charge on any atom is 1.00 e. The molecule has 0 aromatic heterocycles. The Kier molecular flexibility index (Phi) is 11.0. The zero-order valence-corrected chi connectivity index (χ0v) is 15.2. The topological polar surface area (TPSA) is 80.3 Å². The van der Waals surface area contributed by atoms with Crippen LogP contribution >= 0.6 is 0 Å². The molecule has 86 valence electrons. The van der Waals surface area contributed by atoms with E-state index >= 15 is 0 Å². The monoisotopic (exact) mass is 284 g/mol. The van der Waals surface area contributed by atoms with Gasteiger partial charge in [0.2, 0.25) is 0 Å². The van der Waals surface area contributed by atoms with Gasteiger partial charge in [-0.15, -0.1) is 0 Å². The number of benzene rings is 1. The first kappa shape index (κ1) is 20.9. The van der Waals surface area contributed by atoms with E-state index in [4.69, 9.17) is 17.5 Å². The quantitative estimate of drug-likeness (QED) is 0.275. The van der Waals surface area contributed by atoms with Gasteiger partial charge in [0.1, 0.15) is 0 Å². The summed E-state index contributed by atoms with van der Waals surface area (Å²) in [5.74, 6) is 0. The molecule has 0 fully saturated rings. The van der Waals surface area contributed by atoms with Crippen LogP contribution in [0.4, 0.5) is 0 Å². The summed E-state index contributed by atoms with van der Waals surface area (Å²) >= 11 is 0. The molecule has 1 aliphatic rings. The van der Waals surface area contributed by atoms with Crippen molar-refractivity contribution in [1.29, 1.82) is 0 Å². The van der Waals surface area contributed by atoms with Crippen molar-refractivity contribution < 1.29 is 76.6 Å². The van der Waals surface area contributed by atoms with Crippen LogP contribution in [0.3, 0.4) is 0 Å². The minimum absolute atomic E-state index is 0. The van der Waals surface area contributed by atoms with Crippen molar-refractivity contribution in [3.63, 3.8) is 0 Å². The van der Waals surface area contributed by atoms with Gasteiger partial charge in [-0.2, -0.15) is 0 Å². The molecule has 4 nitrogen and oxygen atoms in total. The second-order valence-corrected chi connectivity index (χ2v) is 4.02. The third-order valence-electron chi connectivity index (χ3n) is 2.00. The molecule has 18 heavy (non-hydrogen) atoms. The van der Waals surface area contributed by atoms with Gasteiger partial charge in [-0.05, 0) is 23.1 Å². The molecular weight excluding hydrogens is 274 g/mol. The van der Waals surface area contributed by atoms with Crippen LogP contribution in [0.5, 0.6) is 0 Å². The number of fused-ring (bicyclic) bond motifs is 1. The third kappa shape index (κ3) is 8.63. The van der Waals surface area contributed by atoms with Gasteiger partial charge in [-0.1, -0.05) is 43.0 Å². The van der Waals surface area contributed by atoms with Crippen LogP contribution in [0, 0.1) is 0 Å². The Hall–Kier alpha value is 0.570. The summed E-state index contributed by atoms with van der Waals surface area (Å²) in [6.45, 7) is 4.00. The van der Waals surface area contributed by atoms with E-state index in [9.17, 15) is 0 Å². The molecule has 2 rings (SSSR count). The van der Waals surface area contributed by atoms with E-state index in [0.29, 0.717) is 0 Å². The summed E-state index contributed by atoms with van der Waals surface area (Å²) in [7, 11) is -5.17. The molecule has 1 aromatic carbocycles. The van der Waals surface area contributed by atoms with Crippen LogP contribution in [0.2, 0.25) is 0 Å². The predicted octanol–water partition coefficient (Wildman–Crippen LogP) is -4.21. The zero-order valence-electron chi connectivity index (χ0n) is 10.4. The molecule has 0 N–H and O–H groups in total. The van der Waals surface area contributed by atoms with Crippen molar-refractivity contribution in [2.24, 2.45) is 0 Å². The van der Waals surface area contributed by atoms with Gasteiger partial charge in [0.15, 0.2) is 0 Å². The smallest absolute Gasteiger partial charge is 0.759 e. The average molecular weight is 284 g/mol. The van der Waals surface area contributed by atoms with Crippen LogP contribution in [0.15, 0.2) is 36.9 Å². The Morgan fingerprint density at radius 2 is 1.61 bits per heavy atom. The summed E-state index contributed by atoms with van der Waals surface area (Å²) in [5, 5.41) is 0. The van der Waals surface area contributed by atoms with Crippen molar-refractivity contribution in [2.45, 2.75) is 6.42 Å². The second kappa shape index (κ2) is 9.47. The fourth-order valence-corrected chi connectivity index (χ4v) is 1.40. The zero-order chi connectivity index (χ0) is 12.2. The largest absolute Gasteiger partial charge is 1.00 e. The van der Waals surface area contributed by atoms with Gasteiger partial charge in [-0.3, -0.25) is 8.42 Å². The Labute approximate surface area is 151 Å². The third-order valence-corrected chi connectivity index (χ3v) is 2.00. The van der Waals surface area contributed by atoms with E-state index in [1.54, 1.807) is 0 Å². The van der Waals surface area contributed by atoms with Gasteiger partial charge >= 0.3 is 59.1 Å². The van der Waals surface area contributed by atoms with Crippen LogP contribution in [-0.4, -0.2) is 17.5 Å². The van der Waals surface area contributed by atoms with Crippen molar-refractivity contribution in [3.05, 3.63) is 48.0 Å². The molecule has 0 radical (unpaired) electrons. The normalized spacial score (nSPS) is 12.2. The molecule has 1 aliphatic carbocycles. The Morgan fingerprint density at radius 3 is 2.11 bits per heavy atom. The Balaban J connectivity index is 0. The molecule has 7 heteroatoms. The maximum absolute atomic E-state index is 8.52. The summed E-state index contributed by atoms with van der Waals surface area (Å²) in [6, 6.07) is 8.36. The van der Waals surface area contributed by atoms with Crippen LogP contribution in [-0.2, 0) is 10.4 Å². The first-order chi connectivity index (χ1) is 7.38. The Morgan fingerprint density at radius 1 is 1.11 bits per heavy atom. The standard InChI is InChI=1S/C11H10.2Na.H2O4S/c1-9-5-4-7-10-6-2-3-8-11(9)10;;;1-5(2,3)4/h2-4,6-8H,1,5H2;;;(H2,1,2,3,4)/q;2*+1;/p-2. The maximum atomic E-state index is 8.52. The Bertz CT molecular complexity index is 516. The van der Waals surface area contributed by atoms with Crippen molar-refractivity contribution in [1.82, 2.24) is 0 Å². The van der Waals surface area contributed by atoms with Gasteiger partial charge in [0.25, 0.3) is 0 Å². The van der Waals surface area contributed by atoms with E-state index in [1.807, 2.05) is 0 Å². The second-order valence-electron chi connectivity index (χ2n) is 3.21. The minimum Gasteiger partial charge on any atom is -0.759 e. The molecule has 0 heterocycles. The molecule has 0 amide bonds. The summed E-state index contributed by atoms with van der Waals surface area (Å²) in [6.07, 6.45) is 5.31. The molecule has 0 saturated heterocycles. The van der Waals surface area contributed by atoms with Gasteiger partial charge < -0.3 is 9.11 Å². The van der Waals surface area contributed by atoms with Crippen LogP contribution < -0.4 is 59.1 Å². The van der Waals surface area contributed by atoms with Crippen LogP contribution in [0.1, 0.15) is 17.5 Å². The SMILES string of the molecule is C=C1CC=Cc2ccccc21.O=S(=O)([O-])[O-].[Na+].[Na+]. The predicted molar refractivity (Wildman–Crippen MR) is 59.6 cm³/mol. The van der Waals surface area contributed by atoms with Crippen molar-refractivity contribution in [3.8, 4) is 0 Å². The molecule has 0 aliphatic heterocycles. The summed E-state index contributed by atoms with van der Waals surface area (Å²) in [4.78, 5) is 0. The summed E-state index contributed by atoms with van der Waals surface area (Å²) in [5.41, 5.74) is 3.82. The molecule has 0 saturated carbocycles. The molecule has 0 bridgehead atoms.